The Balaban J connectivity index is 1.47. The number of nitrogens with one attached hydrogen (secondary N) is 8. The summed E-state index contributed by atoms with van der Waals surface area (Å²) in [6, 6.07) is 15.1. The van der Waals surface area contributed by atoms with Gasteiger partial charge in [0.05, 0.1) is 25.4 Å². The molecule has 1 heterocycles. The number of aliphatic carboxylic acids is 1. The highest BCUT2D eigenvalue weighted by Gasteiger charge is 2.33. The number of carboxylic acids is 1. The van der Waals surface area contributed by atoms with Crippen LogP contribution in [-0.4, -0.2) is 138 Å². The van der Waals surface area contributed by atoms with Crippen molar-refractivity contribution < 1.29 is 60.6 Å². The number of likely N-dealkylation sites (N-methyl/N-ethyl adjacent to an activating group) is 1. The number of thioether (sulfide) groups is 2. The number of benzene rings is 3. The maximum Gasteiger partial charge on any atom is 0.446 e. The predicted molar refractivity (Wildman–Crippen MR) is 259 cm³/mol. The van der Waals surface area contributed by atoms with E-state index in [1.165, 1.54) is 54.8 Å². The molecule has 24 heteroatoms. The number of amides is 7. The molecule has 0 spiro atoms. The molecule has 0 aliphatic heterocycles. The van der Waals surface area contributed by atoms with Gasteiger partial charge in [-0.25, -0.2) is 0 Å². The molecule has 4 rings (SSSR count). The number of hydrogen-bond acceptors (Lipinski definition) is 14. The second kappa shape index (κ2) is 27.5. The first-order valence-corrected chi connectivity index (χ1v) is 25.6. The van der Waals surface area contributed by atoms with E-state index in [2.05, 4.69) is 46.4 Å². The van der Waals surface area contributed by atoms with E-state index in [-0.39, 0.29) is 37.9 Å². The first-order chi connectivity index (χ1) is 32.9. The standard InChI is InChI=1S/C45H56N8O13S3/c1-46-35(21-27-9-5-4-6-10-27)43(60)53-45(62)37(24-40(56)57)52-42(59)34(18-20-68-3)51-44(61)36(23-29-25-47-32-12-8-7-11-31(29)32)50-39(55)26-48-41(58)33(17-19-67-2)49-38(54)22-28-13-15-30(16-14-28)66-69(63,64)65/h4-16,25,33-37,46-47H,17-24,26H2,1-3H3,(H,48,58)(H,49,54)(H,50,55)(H,51,61)(H,52,59)(H,56,57)(H,53,60,62)(H,63,64,65). The number of carboxylic acid groups (broad SMARTS) is 1. The normalized spacial score (nSPS) is 13.4. The summed E-state index contributed by atoms with van der Waals surface area (Å²) in [5.74, 6) is -6.50. The lowest BCUT2D eigenvalue weighted by Crippen LogP contribution is -2.59. The van der Waals surface area contributed by atoms with Crippen molar-refractivity contribution in [3.05, 3.63) is 102 Å². The molecule has 4 aromatic rings. The molecule has 0 aliphatic rings. The summed E-state index contributed by atoms with van der Waals surface area (Å²) in [4.78, 5) is 110. The first-order valence-electron chi connectivity index (χ1n) is 21.4. The third-order valence-electron chi connectivity index (χ3n) is 10.4. The van der Waals surface area contributed by atoms with Gasteiger partial charge in [0.2, 0.25) is 41.4 Å². The van der Waals surface area contributed by atoms with Crippen molar-refractivity contribution in [3.8, 4) is 5.75 Å². The third kappa shape index (κ3) is 18.9. The number of imide groups is 1. The molecule has 3 aromatic carbocycles. The summed E-state index contributed by atoms with van der Waals surface area (Å²) in [5.41, 5.74) is 2.59. The average molecular weight is 1010 g/mol. The number of hydrogen-bond donors (Lipinski definition) is 10. The molecular formula is C45H56N8O13S3. The monoisotopic (exact) mass is 1010 g/mol. The summed E-state index contributed by atoms with van der Waals surface area (Å²) in [5, 5.41) is 28.2. The summed E-state index contributed by atoms with van der Waals surface area (Å²) in [6.07, 6.45) is 4.42. The van der Waals surface area contributed by atoms with Gasteiger partial charge >= 0.3 is 16.4 Å². The van der Waals surface area contributed by atoms with Gasteiger partial charge in [-0.2, -0.15) is 31.9 Å². The minimum atomic E-state index is -4.75. The van der Waals surface area contributed by atoms with Crippen molar-refractivity contribution in [1.29, 1.82) is 0 Å². The highest BCUT2D eigenvalue weighted by molar-refractivity contribution is 7.98. The second-order valence-electron chi connectivity index (χ2n) is 15.5. The van der Waals surface area contributed by atoms with Crippen LogP contribution in [0, 0.1) is 0 Å². The maximum absolute atomic E-state index is 14.2. The summed E-state index contributed by atoms with van der Waals surface area (Å²) < 4.78 is 35.3. The zero-order chi connectivity index (χ0) is 50.5. The molecule has 5 atom stereocenters. The fourth-order valence-electron chi connectivity index (χ4n) is 6.89. The van der Waals surface area contributed by atoms with Crippen LogP contribution in [0.2, 0.25) is 0 Å². The predicted octanol–water partition coefficient (Wildman–Crippen LogP) is 0.645. The molecular weight excluding hydrogens is 957 g/mol. The summed E-state index contributed by atoms with van der Waals surface area (Å²) >= 11 is 2.76. The van der Waals surface area contributed by atoms with E-state index in [1.54, 1.807) is 61.2 Å². The molecule has 5 unspecified atom stereocenters. The molecule has 0 saturated carbocycles. The van der Waals surface area contributed by atoms with Crippen molar-refractivity contribution in [2.45, 2.75) is 68.7 Å². The van der Waals surface area contributed by atoms with Crippen LogP contribution in [-0.2, 0) is 68.0 Å². The number of carbonyl (C=O) groups excluding carboxylic acids is 7. The lowest BCUT2D eigenvalue weighted by Gasteiger charge is -2.25. The van der Waals surface area contributed by atoms with E-state index in [0.717, 1.165) is 16.5 Å². The van der Waals surface area contributed by atoms with Crippen molar-refractivity contribution in [2.24, 2.45) is 0 Å². The minimum absolute atomic E-state index is 0.0126. The van der Waals surface area contributed by atoms with Crippen LogP contribution in [0.3, 0.4) is 0 Å². The molecule has 10 N–H and O–H groups in total. The zero-order valence-corrected chi connectivity index (χ0v) is 40.4. The molecule has 0 saturated heterocycles. The molecule has 69 heavy (non-hydrogen) atoms. The molecule has 0 fully saturated rings. The number of para-hydroxylation sites is 1. The number of carbonyl (C=O) groups is 8. The molecule has 0 bridgehead atoms. The largest absolute Gasteiger partial charge is 0.481 e. The number of rotatable bonds is 28. The van der Waals surface area contributed by atoms with Crippen LogP contribution in [0.15, 0.2) is 85.1 Å². The number of fused-ring (bicyclic) bond motifs is 1. The van der Waals surface area contributed by atoms with Gasteiger partial charge in [0.25, 0.3) is 0 Å². The van der Waals surface area contributed by atoms with E-state index in [1.807, 2.05) is 12.1 Å². The Hall–Kier alpha value is -6.47. The van der Waals surface area contributed by atoms with Gasteiger partial charge < -0.3 is 46.2 Å². The SMILES string of the molecule is CNC(Cc1ccccc1)C(=O)NC(=O)C(CC(=O)O)NC(=O)C(CCSC)NC(=O)C(Cc1c[nH]c2ccccc12)NC(=O)CNC(=O)C(CCSC)NC(=O)Cc1ccc(OS(=O)(=O)O)cc1. The van der Waals surface area contributed by atoms with Gasteiger partial charge in [0.1, 0.15) is 29.9 Å². The third-order valence-corrected chi connectivity index (χ3v) is 12.1. The minimum Gasteiger partial charge on any atom is -0.481 e. The lowest BCUT2D eigenvalue weighted by atomic mass is 10.0. The van der Waals surface area contributed by atoms with E-state index >= 15 is 0 Å². The number of aromatic nitrogens is 1. The van der Waals surface area contributed by atoms with Crippen LogP contribution < -0.4 is 41.4 Å². The van der Waals surface area contributed by atoms with Crippen molar-refractivity contribution >= 4 is 92.1 Å². The zero-order valence-electron chi connectivity index (χ0n) is 37.9. The highest BCUT2D eigenvalue weighted by atomic mass is 32.3. The Morgan fingerprint density at radius 2 is 1.23 bits per heavy atom. The van der Waals surface area contributed by atoms with Gasteiger partial charge in [0, 0.05) is 23.5 Å². The van der Waals surface area contributed by atoms with Crippen LogP contribution in [0.4, 0.5) is 0 Å². The topological polar surface area (TPSA) is 320 Å². The lowest BCUT2D eigenvalue weighted by molar-refractivity contribution is -0.142. The fraction of sp³-hybridized carbons (Fsp3) is 0.378. The second-order valence-corrected chi connectivity index (χ2v) is 18.5. The molecule has 0 aliphatic carbocycles. The fourth-order valence-corrected chi connectivity index (χ4v) is 8.19. The Morgan fingerprint density at radius 3 is 1.86 bits per heavy atom. The van der Waals surface area contributed by atoms with E-state index in [4.69, 9.17) is 4.55 Å². The van der Waals surface area contributed by atoms with Crippen molar-refractivity contribution in [3.63, 3.8) is 0 Å². The average Bonchev–Trinajstić information content (AvgIpc) is 3.72. The number of aromatic amines is 1. The van der Waals surface area contributed by atoms with Gasteiger partial charge in [-0.05, 0) is 85.2 Å². The van der Waals surface area contributed by atoms with Crippen LogP contribution in [0.1, 0.15) is 36.0 Å². The Morgan fingerprint density at radius 1 is 0.652 bits per heavy atom. The molecule has 1 aromatic heterocycles. The van der Waals surface area contributed by atoms with Gasteiger partial charge in [-0.3, -0.25) is 48.2 Å². The Kier molecular flexibility index (Phi) is 22.0. The molecule has 0 radical (unpaired) electrons. The molecule has 7 amide bonds. The van der Waals surface area contributed by atoms with Crippen molar-refractivity contribution in [1.82, 2.24) is 42.2 Å². The van der Waals surface area contributed by atoms with Gasteiger partial charge in [-0.15, -0.1) is 0 Å². The van der Waals surface area contributed by atoms with E-state index in [0.29, 0.717) is 22.6 Å². The maximum atomic E-state index is 14.2. The molecule has 372 valence electrons. The van der Waals surface area contributed by atoms with E-state index in [9.17, 15) is 51.9 Å². The van der Waals surface area contributed by atoms with Crippen molar-refractivity contribution in [2.75, 3.05) is 37.6 Å². The quantitative estimate of drug-likeness (QED) is 0.0349. The van der Waals surface area contributed by atoms with E-state index < -0.39 is 101 Å². The van der Waals surface area contributed by atoms with Crippen LogP contribution >= 0.6 is 23.5 Å². The van der Waals surface area contributed by atoms with Gasteiger partial charge in [-0.1, -0.05) is 60.7 Å². The number of H-pyrrole nitrogens is 1. The summed E-state index contributed by atoms with van der Waals surface area (Å²) in [6.45, 7) is -0.627. The Bertz CT molecular complexity index is 2530. The van der Waals surface area contributed by atoms with Crippen LogP contribution in [0.25, 0.3) is 10.9 Å². The van der Waals surface area contributed by atoms with Gasteiger partial charge in [0.15, 0.2) is 0 Å². The van der Waals surface area contributed by atoms with Crippen LogP contribution in [0.5, 0.6) is 5.75 Å². The smallest absolute Gasteiger partial charge is 0.446 e. The summed E-state index contributed by atoms with van der Waals surface area (Å²) in [7, 11) is -3.23. The molecule has 21 nitrogen and oxygen atoms in total. The first kappa shape index (κ1) is 55.1. The Labute approximate surface area is 407 Å². The highest BCUT2D eigenvalue weighted by Crippen LogP contribution is 2.20.